The van der Waals surface area contributed by atoms with Crippen molar-refractivity contribution in [2.75, 3.05) is 43.6 Å². The van der Waals surface area contributed by atoms with Crippen LogP contribution in [0, 0.1) is 0 Å². The molecule has 0 bridgehead atoms. The minimum Gasteiger partial charge on any atom is -0.493 e. The van der Waals surface area contributed by atoms with Crippen LogP contribution in [0.5, 0.6) is 11.5 Å². The van der Waals surface area contributed by atoms with Crippen LogP contribution in [0.1, 0.15) is 27.0 Å². The number of anilines is 2. The molecular formula is C27H29Cl2N3O5S. The van der Waals surface area contributed by atoms with Crippen molar-refractivity contribution in [1.29, 1.82) is 0 Å². The van der Waals surface area contributed by atoms with E-state index < -0.39 is 15.9 Å². The number of halogens is 2. The van der Waals surface area contributed by atoms with Crippen molar-refractivity contribution in [3.8, 4) is 11.5 Å². The van der Waals surface area contributed by atoms with Crippen LogP contribution < -0.4 is 19.5 Å². The topological polar surface area (TPSA) is 97.0 Å². The normalized spacial score (nSPS) is 13.5. The zero-order chi connectivity index (χ0) is 27.4. The Morgan fingerprint density at radius 2 is 1.61 bits per heavy atom. The molecule has 3 aromatic carbocycles. The lowest BCUT2D eigenvalue weighted by atomic mass is 9.98. The fourth-order valence-electron chi connectivity index (χ4n) is 4.43. The van der Waals surface area contributed by atoms with Crippen LogP contribution in [0.3, 0.4) is 0 Å². The van der Waals surface area contributed by atoms with E-state index >= 15 is 0 Å². The third-order valence-electron chi connectivity index (χ3n) is 6.34. The number of hydrogen-bond donors (Lipinski definition) is 2. The van der Waals surface area contributed by atoms with Gasteiger partial charge in [0, 0.05) is 25.3 Å². The summed E-state index contributed by atoms with van der Waals surface area (Å²) in [5, 5.41) is 2.91. The van der Waals surface area contributed by atoms with Crippen LogP contribution in [-0.2, 0) is 29.4 Å². The molecule has 8 nitrogen and oxygen atoms in total. The molecule has 0 saturated carbocycles. The van der Waals surface area contributed by atoms with Gasteiger partial charge in [0.2, 0.25) is 10.0 Å². The first-order valence-corrected chi connectivity index (χ1v) is 14.5. The summed E-state index contributed by atoms with van der Waals surface area (Å²) in [5.74, 6) is 0.923. The molecule has 11 heteroatoms. The molecule has 2 N–H and O–H groups in total. The van der Waals surface area contributed by atoms with E-state index in [0.717, 1.165) is 55.8 Å². The van der Waals surface area contributed by atoms with Crippen molar-refractivity contribution in [2.24, 2.45) is 0 Å². The van der Waals surface area contributed by atoms with Crippen molar-refractivity contribution >= 4 is 50.5 Å². The predicted octanol–water partition coefficient (Wildman–Crippen LogP) is 5.24. The molecule has 3 aromatic rings. The van der Waals surface area contributed by atoms with Gasteiger partial charge in [-0.2, -0.15) is 0 Å². The highest BCUT2D eigenvalue weighted by Gasteiger charge is 2.22. The molecule has 0 fully saturated rings. The molecule has 0 spiro atoms. The lowest BCUT2D eigenvalue weighted by Gasteiger charge is -2.29. The van der Waals surface area contributed by atoms with Gasteiger partial charge in [-0.25, -0.2) is 8.42 Å². The zero-order valence-electron chi connectivity index (χ0n) is 21.3. The van der Waals surface area contributed by atoms with E-state index in [9.17, 15) is 13.2 Å². The van der Waals surface area contributed by atoms with Crippen molar-refractivity contribution in [3.63, 3.8) is 0 Å². The SMILES string of the molecule is COc1cc2c(cc1OC)CN(CCc1ccc(NC(=O)c3c(Cl)ccc(Cl)c3NS(C)(=O)=O)cc1)CC2. The average Bonchev–Trinajstić information content (AvgIpc) is 2.88. The summed E-state index contributed by atoms with van der Waals surface area (Å²) in [7, 11) is -0.385. The number of carbonyl (C=O) groups excluding carboxylic acids is 1. The molecule has 1 aliphatic rings. The smallest absolute Gasteiger partial charge is 0.259 e. The van der Waals surface area contributed by atoms with E-state index in [2.05, 4.69) is 27.1 Å². The second kappa shape index (κ2) is 11.8. The fraction of sp³-hybridized carbons (Fsp3) is 0.296. The molecule has 4 rings (SSSR count). The van der Waals surface area contributed by atoms with Gasteiger partial charge < -0.3 is 14.8 Å². The van der Waals surface area contributed by atoms with Crippen LogP contribution in [0.15, 0.2) is 48.5 Å². The maximum atomic E-state index is 13.0. The number of sulfonamides is 1. The number of amides is 1. The number of benzene rings is 3. The van der Waals surface area contributed by atoms with Gasteiger partial charge in [-0.05, 0) is 65.9 Å². The monoisotopic (exact) mass is 577 g/mol. The number of methoxy groups -OCH3 is 2. The number of carbonyl (C=O) groups is 1. The quantitative estimate of drug-likeness (QED) is 0.361. The minimum atomic E-state index is -3.68. The van der Waals surface area contributed by atoms with E-state index in [4.69, 9.17) is 32.7 Å². The van der Waals surface area contributed by atoms with E-state index in [1.165, 1.54) is 23.3 Å². The van der Waals surface area contributed by atoms with Gasteiger partial charge in [-0.3, -0.25) is 14.4 Å². The van der Waals surface area contributed by atoms with Crippen LogP contribution in [-0.4, -0.2) is 52.8 Å². The Bertz CT molecular complexity index is 1450. The van der Waals surface area contributed by atoms with Gasteiger partial charge >= 0.3 is 0 Å². The summed E-state index contributed by atoms with van der Waals surface area (Å²) >= 11 is 12.4. The molecule has 0 saturated heterocycles. The highest BCUT2D eigenvalue weighted by molar-refractivity contribution is 7.92. The van der Waals surface area contributed by atoms with Crippen molar-refractivity contribution in [3.05, 3.63) is 80.8 Å². The second-order valence-electron chi connectivity index (χ2n) is 9.06. The maximum absolute atomic E-state index is 13.0. The highest BCUT2D eigenvalue weighted by Crippen LogP contribution is 2.34. The first-order chi connectivity index (χ1) is 18.1. The Hall–Kier alpha value is -2.98. The molecule has 202 valence electrons. The lowest BCUT2D eigenvalue weighted by molar-refractivity contribution is 0.102. The second-order valence-corrected chi connectivity index (χ2v) is 11.6. The van der Waals surface area contributed by atoms with Crippen molar-refractivity contribution < 1.29 is 22.7 Å². The number of nitrogens with zero attached hydrogens (tertiary/aromatic N) is 1. The van der Waals surface area contributed by atoms with Crippen LogP contribution in [0.25, 0.3) is 0 Å². The standard InChI is InChI=1S/C27H29Cl2N3O5S/c1-36-23-14-18-11-13-32(16-19(18)15-24(23)37-2)12-10-17-4-6-20(7-5-17)30-27(33)25-21(28)8-9-22(29)26(25)31-38(3,34)35/h4-9,14-15,31H,10-13,16H2,1-3H3,(H,30,33). The van der Waals surface area contributed by atoms with Gasteiger partial charge in [0.15, 0.2) is 11.5 Å². The number of ether oxygens (including phenoxy) is 2. The molecule has 38 heavy (non-hydrogen) atoms. The molecule has 1 heterocycles. The maximum Gasteiger partial charge on any atom is 0.259 e. The third kappa shape index (κ3) is 6.71. The summed E-state index contributed by atoms with van der Waals surface area (Å²) in [4.78, 5) is 15.4. The summed E-state index contributed by atoms with van der Waals surface area (Å²) in [6.45, 7) is 2.69. The van der Waals surface area contributed by atoms with E-state index in [-0.39, 0.29) is 21.3 Å². The van der Waals surface area contributed by atoms with E-state index in [1.807, 2.05) is 12.1 Å². The molecule has 0 atom stereocenters. The Kier molecular flexibility index (Phi) is 8.72. The Morgan fingerprint density at radius 1 is 0.974 bits per heavy atom. The van der Waals surface area contributed by atoms with Crippen molar-refractivity contribution in [2.45, 2.75) is 19.4 Å². The van der Waals surface area contributed by atoms with Gasteiger partial charge in [-0.1, -0.05) is 35.3 Å². The minimum absolute atomic E-state index is 0.0479. The van der Waals surface area contributed by atoms with Crippen LogP contribution >= 0.6 is 23.2 Å². The van der Waals surface area contributed by atoms with Crippen LogP contribution in [0.2, 0.25) is 10.0 Å². The largest absolute Gasteiger partial charge is 0.493 e. The number of fused-ring (bicyclic) bond motifs is 1. The number of rotatable bonds is 9. The summed E-state index contributed by atoms with van der Waals surface area (Å²) in [6.07, 6.45) is 2.77. The van der Waals surface area contributed by atoms with Crippen molar-refractivity contribution in [1.82, 2.24) is 4.90 Å². The highest BCUT2D eigenvalue weighted by atomic mass is 35.5. The van der Waals surface area contributed by atoms with E-state index in [0.29, 0.717) is 5.69 Å². The molecule has 1 aliphatic heterocycles. The summed E-state index contributed by atoms with van der Waals surface area (Å²) < 4.78 is 36.7. The number of nitrogens with one attached hydrogen (secondary N) is 2. The Balaban J connectivity index is 1.39. The fourth-order valence-corrected chi connectivity index (χ4v) is 5.51. The predicted molar refractivity (Wildman–Crippen MR) is 152 cm³/mol. The van der Waals surface area contributed by atoms with Gasteiger partial charge in [0.1, 0.15) is 0 Å². The molecular weight excluding hydrogens is 549 g/mol. The summed E-state index contributed by atoms with van der Waals surface area (Å²) in [6, 6.07) is 14.5. The first kappa shape index (κ1) is 28.0. The Morgan fingerprint density at radius 3 is 2.24 bits per heavy atom. The molecule has 0 aromatic heterocycles. The average molecular weight is 579 g/mol. The van der Waals surface area contributed by atoms with Gasteiger partial charge in [0.05, 0.1) is 41.8 Å². The molecule has 1 amide bonds. The number of hydrogen-bond acceptors (Lipinski definition) is 6. The molecule has 0 unspecified atom stereocenters. The third-order valence-corrected chi connectivity index (χ3v) is 7.55. The first-order valence-electron chi connectivity index (χ1n) is 11.9. The van der Waals surface area contributed by atoms with Gasteiger partial charge in [0.25, 0.3) is 5.91 Å². The molecule has 0 radical (unpaired) electrons. The van der Waals surface area contributed by atoms with Crippen LogP contribution in [0.4, 0.5) is 11.4 Å². The van der Waals surface area contributed by atoms with E-state index in [1.54, 1.807) is 26.4 Å². The Labute approximate surface area is 232 Å². The molecule has 0 aliphatic carbocycles. The summed E-state index contributed by atoms with van der Waals surface area (Å²) in [5.41, 5.74) is 4.10. The lowest BCUT2D eigenvalue weighted by Crippen LogP contribution is -2.32. The zero-order valence-corrected chi connectivity index (χ0v) is 23.6. The van der Waals surface area contributed by atoms with Gasteiger partial charge in [-0.15, -0.1) is 0 Å².